The number of ketones is 1. The van der Waals surface area contributed by atoms with Crippen molar-refractivity contribution in [2.45, 2.75) is 24.3 Å². The number of pyridine rings is 1. The monoisotopic (exact) mass is 464 g/mol. The van der Waals surface area contributed by atoms with Gasteiger partial charge >= 0.3 is 0 Å². The Bertz CT molecular complexity index is 1210. The predicted molar refractivity (Wildman–Crippen MR) is 127 cm³/mol. The molecule has 0 radical (unpaired) electrons. The van der Waals surface area contributed by atoms with Crippen LogP contribution in [0.1, 0.15) is 24.2 Å². The topological polar surface area (TPSA) is 69.9 Å². The summed E-state index contributed by atoms with van der Waals surface area (Å²) in [5.74, 6) is 1.40. The first kappa shape index (κ1) is 22.0. The summed E-state index contributed by atoms with van der Waals surface area (Å²) in [5.41, 5.74) is 2.26. The molecule has 6 nitrogen and oxygen atoms in total. The fourth-order valence-corrected chi connectivity index (χ4v) is 4.34. The Morgan fingerprint density at radius 1 is 1.12 bits per heavy atom. The third-order valence-electron chi connectivity index (χ3n) is 4.72. The standard InChI is InChI=1S/C24H21ClN4O2S/c1-3-31-21-11-9-20(10-12-21)29-23(18-7-5-13-26-15-18)27-28-24(29)32-16(2)22(30)17-6-4-8-19(25)14-17/h4-16H,3H2,1-2H3. The largest absolute Gasteiger partial charge is 0.494 e. The lowest BCUT2D eigenvalue weighted by Gasteiger charge is -2.14. The molecule has 2 aromatic heterocycles. The lowest BCUT2D eigenvalue weighted by atomic mass is 10.1. The SMILES string of the molecule is CCOc1ccc(-n2c(SC(C)C(=O)c3cccc(Cl)c3)nnc2-c2cccnc2)cc1. The second-order valence-corrected chi connectivity index (χ2v) is 8.69. The molecule has 0 fully saturated rings. The highest BCUT2D eigenvalue weighted by atomic mass is 35.5. The van der Waals surface area contributed by atoms with Crippen molar-refractivity contribution >= 4 is 29.1 Å². The third-order valence-corrected chi connectivity index (χ3v) is 6.00. The van der Waals surface area contributed by atoms with Crippen LogP contribution in [0.2, 0.25) is 5.02 Å². The Labute approximate surface area is 195 Å². The molecule has 0 bridgehead atoms. The van der Waals surface area contributed by atoms with Gasteiger partial charge in [-0.05, 0) is 62.4 Å². The summed E-state index contributed by atoms with van der Waals surface area (Å²) in [7, 11) is 0. The van der Waals surface area contributed by atoms with Crippen molar-refractivity contribution in [3.05, 3.63) is 83.6 Å². The van der Waals surface area contributed by atoms with Crippen molar-refractivity contribution in [1.82, 2.24) is 19.7 Å². The van der Waals surface area contributed by atoms with Crippen LogP contribution in [0.15, 0.2) is 78.2 Å². The Kier molecular flexibility index (Phi) is 6.87. The van der Waals surface area contributed by atoms with Gasteiger partial charge in [0.1, 0.15) is 5.75 Å². The molecule has 32 heavy (non-hydrogen) atoms. The second kappa shape index (κ2) is 9.97. The minimum absolute atomic E-state index is 0.0262. The number of halogens is 1. The summed E-state index contributed by atoms with van der Waals surface area (Å²) < 4.78 is 7.50. The number of benzene rings is 2. The number of carbonyl (C=O) groups excluding carboxylic acids is 1. The summed E-state index contributed by atoms with van der Waals surface area (Å²) in [4.78, 5) is 17.2. The maximum absolute atomic E-state index is 13.0. The highest BCUT2D eigenvalue weighted by Gasteiger charge is 2.23. The van der Waals surface area contributed by atoms with Crippen LogP contribution in [0.5, 0.6) is 5.75 Å². The van der Waals surface area contributed by atoms with Crippen molar-refractivity contribution < 1.29 is 9.53 Å². The van der Waals surface area contributed by atoms with Crippen LogP contribution in [-0.2, 0) is 0 Å². The fraction of sp³-hybridized carbons (Fsp3) is 0.167. The van der Waals surface area contributed by atoms with E-state index in [1.165, 1.54) is 11.8 Å². The molecule has 162 valence electrons. The molecule has 1 unspecified atom stereocenters. The Balaban J connectivity index is 1.70. The van der Waals surface area contributed by atoms with Crippen LogP contribution < -0.4 is 4.74 Å². The molecule has 0 aliphatic carbocycles. The van der Waals surface area contributed by atoms with Gasteiger partial charge in [-0.1, -0.05) is 35.5 Å². The van der Waals surface area contributed by atoms with Gasteiger partial charge in [0.05, 0.1) is 11.9 Å². The van der Waals surface area contributed by atoms with Gasteiger partial charge in [0, 0.05) is 34.2 Å². The van der Waals surface area contributed by atoms with Crippen LogP contribution in [0, 0.1) is 0 Å². The number of aromatic nitrogens is 4. The quantitative estimate of drug-likeness (QED) is 0.244. The van der Waals surface area contributed by atoms with E-state index in [9.17, 15) is 4.79 Å². The lowest BCUT2D eigenvalue weighted by molar-refractivity contribution is 0.0994. The summed E-state index contributed by atoms with van der Waals surface area (Å²) in [6, 6.07) is 18.4. The van der Waals surface area contributed by atoms with Gasteiger partial charge in [0.15, 0.2) is 16.8 Å². The number of nitrogens with zero attached hydrogens (tertiary/aromatic N) is 4. The fourth-order valence-electron chi connectivity index (χ4n) is 3.21. The van der Waals surface area contributed by atoms with Gasteiger partial charge in [-0.15, -0.1) is 10.2 Å². The van der Waals surface area contributed by atoms with Crippen molar-refractivity contribution in [2.75, 3.05) is 6.61 Å². The first-order valence-corrected chi connectivity index (χ1v) is 11.4. The molecule has 4 rings (SSSR count). The zero-order valence-corrected chi connectivity index (χ0v) is 19.2. The molecule has 1 atom stereocenters. The molecular weight excluding hydrogens is 444 g/mol. The minimum atomic E-state index is -0.388. The highest BCUT2D eigenvalue weighted by Crippen LogP contribution is 2.32. The molecule has 0 amide bonds. The van der Waals surface area contributed by atoms with Crippen LogP contribution in [0.25, 0.3) is 17.1 Å². The van der Waals surface area contributed by atoms with Crippen molar-refractivity contribution in [1.29, 1.82) is 0 Å². The maximum atomic E-state index is 13.0. The second-order valence-electron chi connectivity index (χ2n) is 6.94. The zero-order valence-electron chi connectivity index (χ0n) is 17.6. The first-order valence-electron chi connectivity index (χ1n) is 10.1. The molecule has 0 spiro atoms. The number of hydrogen-bond acceptors (Lipinski definition) is 6. The number of Topliss-reactive ketones (excluding diaryl/α,β-unsaturated/α-hetero) is 1. The zero-order chi connectivity index (χ0) is 22.5. The summed E-state index contributed by atoms with van der Waals surface area (Å²) in [6.07, 6.45) is 3.45. The van der Waals surface area contributed by atoms with Gasteiger partial charge < -0.3 is 4.74 Å². The van der Waals surface area contributed by atoms with Crippen molar-refractivity contribution in [3.8, 4) is 22.8 Å². The van der Waals surface area contributed by atoms with Crippen LogP contribution in [-0.4, -0.2) is 37.4 Å². The van der Waals surface area contributed by atoms with E-state index in [0.717, 1.165) is 17.0 Å². The average molecular weight is 465 g/mol. The molecule has 2 heterocycles. The van der Waals surface area contributed by atoms with Crippen LogP contribution >= 0.6 is 23.4 Å². The molecule has 0 saturated carbocycles. The van der Waals surface area contributed by atoms with E-state index in [0.29, 0.717) is 28.2 Å². The predicted octanol–water partition coefficient (Wildman–Crippen LogP) is 5.74. The Morgan fingerprint density at radius 2 is 1.94 bits per heavy atom. The van der Waals surface area contributed by atoms with E-state index in [1.54, 1.807) is 36.7 Å². The van der Waals surface area contributed by atoms with Crippen molar-refractivity contribution in [2.24, 2.45) is 0 Å². The summed E-state index contributed by atoms with van der Waals surface area (Å²) >= 11 is 7.41. The van der Waals surface area contributed by atoms with Crippen LogP contribution in [0.3, 0.4) is 0 Å². The third kappa shape index (κ3) is 4.84. The van der Waals surface area contributed by atoms with E-state index in [1.807, 2.05) is 54.8 Å². The molecule has 0 saturated heterocycles. The van der Waals surface area contributed by atoms with Gasteiger partial charge in [0.25, 0.3) is 0 Å². The van der Waals surface area contributed by atoms with Gasteiger partial charge in [-0.25, -0.2) is 0 Å². The Hall–Kier alpha value is -3.16. The molecule has 0 N–H and O–H groups in total. The molecule has 2 aromatic carbocycles. The number of rotatable bonds is 8. The number of carbonyl (C=O) groups is 1. The summed E-state index contributed by atoms with van der Waals surface area (Å²) in [6.45, 7) is 4.40. The minimum Gasteiger partial charge on any atom is -0.494 e. The lowest BCUT2D eigenvalue weighted by Crippen LogP contribution is -2.14. The van der Waals surface area contributed by atoms with E-state index >= 15 is 0 Å². The molecule has 8 heteroatoms. The Morgan fingerprint density at radius 3 is 2.62 bits per heavy atom. The summed E-state index contributed by atoms with van der Waals surface area (Å²) in [5, 5.41) is 9.56. The van der Waals surface area contributed by atoms with Gasteiger partial charge in [-0.3, -0.25) is 14.3 Å². The average Bonchev–Trinajstić information content (AvgIpc) is 3.23. The van der Waals surface area contributed by atoms with E-state index in [2.05, 4.69) is 15.2 Å². The normalized spacial score (nSPS) is 11.8. The van der Waals surface area contributed by atoms with Gasteiger partial charge in [-0.2, -0.15) is 0 Å². The van der Waals surface area contributed by atoms with Gasteiger partial charge in [0.2, 0.25) is 0 Å². The number of hydrogen-bond donors (Lipinski definition) is 0. The number of ether oxygens (including phenoxy) is 1. The molecule has 0 aliphatic rings. The number of thioether (sulfide) groups is 1. The van der Waals surface area contributed by atoms with Crippen LogP contribution in [0.4, 0.5) is 0 Å². The molecule has 4 aromatic rings. The van der Waals surface area contributed by atoms with E-state index < -0.39 is 0 Å². The maximum Gasteiger partial charge on any atom is 0.196 e. The molecule has 0 aliphatic heterocycles. The smallest absolute Gasteiger partial charge is 0.196 e. The first-order chi connectivity index (χ1) is 15.6. The van der Waals surface area contributed by atoms with E-state index in [4.69, 9.17) is 16.3 Å². The van der Waals surface area contributed by atoms with Crippen molar-refractivity contribution in [3.63, 3.8) is 0 Å². The van der Waals surface area contributed by atoms with E-state index in [-0.39, 0.29) is 11.0 Å². The highest BCUT2D eigenvalue weighted by molar-refractivity contribution is 8.00. The molecular formula is C24H21ClN4O2S.